The van der Waals surface area contributed by atoms with Crippen molar-refractivity contribution in [2.75, 3.05) is 0 Å². The maximum absolute atomic E-state index is 9.71. The maximum Gasteiger partial charge on any atom is 0.139 e. The topological polar surface area (TPSA) is 36.0 Å². The van der Waals surface area contributed by atoms with Crippen LogP contribution < -0.4 is 0 Å². The van der Waals surface area contributed by atoms with Crippen LogP contribution >= 0.6 is 0 Å². The number of aromatic hydroxyl groups is 1. The fourth-order valence-corrected chi connectivity index (χ4v) is 2.03. The molecule has 2 heteroatoms. The van der Waals surface area contributed by atoms with Crippen molar-refractivity contribution in [2.24, 2.45) is 0 Å². The number of hydrogen-bond donors (Lipinski definition) is 2. The van der Waals surface area contributed by atoms with E-state index in [-0.39, 0.29) is 0 Å². The number of nitrogens with one attached hydrogen (secondary N) is 1. The molecule has 0 bridgehead atoms. The Morgan fingerprint density at radius 2 is 1.93 bits per heavy atom. The molecule has 1 aromatic heterocycles. The number of fused-ring (bicyclic) bond motifs is 3. The minimum Gasteiger partial charge on any atom is -0.506 e. The number of phenolic OH excluding ortho intramolecular Hbond substituents is 1. The summed E-state index contributed by atoms with van der Waals surface area (Å²) in [6.45, 7) is 2.06. The molecule has 15 heavy (non-hydrogen) atoms. The van der Waals surface area contributed by atoms with Crippen molar-refractivity contribution < 1.29 is 5.11 Å². The van der Waals surface area contributed by atoms with Crippen LogP contribution in [0.3, 0.4) is 0 Å². The molecule has 2 N–H and O–H groups in total. The van der Waals surface area contributed by atoms with Gasteiger partial charge in [0.05, 0.1) is 5.52 Å². The Morgan fingerprint density at radius 3 is 2.80 bits per heavy atom. The van der Waals surface area contributed by atoms with E-state index in [0.717, 1.165) is 21.8 Å². The molecule has 0 spiro atoms. The Hall–Kier alpha value is -1.96. The Labute approximate surface area is 87.2 Å². The number of phenols is 1. The number of benzene rings is 2. The smallest absolute Gasteiger partial charge is 0.139 e. The molecule has 0 saturated carbocycles. The average Bonchev–Trinajstić information content (AvgIpc) is 2.57. The van der Waals surface area contributed by atoms with Crippen molar-refractivity contribution in [3.05, 3.63) is 42.0 Å². The summed E-state index contributed by atoms with van der Waals surface area (Å²) in [4.78, 5) is 3.24. The number of H-pyrrole nitrogens is 1. The Morgan fingerprint density at radius 1 is 1.07 bits per heavy atom. The van der Waals surface area contributed by atoms with Gasteiger partial charge < -0.3 is 10.1 Å². The maximum atomic E-state index is 9.71. The first-order valence-electron chi connectivity index (χ1n) is 4.96. The standard InChI is InChI=1S/C13H11NO/c1-8-5-6-9-10-3-2-4-12(15)13(10)14-11(9)7-8/h2-7,14-15H,1H3. The fourth-order valence-electron chi connectivity index (χ4n) is 2.03. The molecule has 0 atom stereocenters. The van der Waals surface area contributed by atoms with Gasteiger partial charge in [0.2, 0.25) is 0 Å². The minimum absolute atomic E-state index is 0.307. The summed E-state index contributed by atoms with van der Waals surface area (Å²) in [6, 6.07) is 11.8. The van der Waals surface area contributed by atoms with Crippen LogP contribution in [0.15, 0.2) is 36.4 Å². The zero-order valence-electron chi connectivity index (χ0n) is 8.41. The lowest BCUT2D eigenvalue weighted by Crippen LogP contribution is -1.70. The lowest BCUT2D eigenvalue weighted by Gasteiger charge is -1.93. The lowest BCUT2D eigenvalue weighted by atomic mass is 10.1. The predicted octanol–water partition coefficient (Wildman–Crippen LogP) is 3.34. The summed E-state index contributed by atoms with van der Waals surface area (Å²) >= 11 is 0. The van der Waals surface area contributed by atoms with E-state index in [4.69, 9.17) is 0 Å². The van der Waals surface area contributed by atoms with E-state index >= 15 is 0 Å². The summed E-state index contributed by atoms with van der Waals surface area (Å²) in [5.41, 5.74) is 3.11. The zero-order valence-corrected chi connectivity index (χ0v) is 8.41. The van der Waals surface area contributed by atoms with Crippen molar-refractivity contribution in [1.29, 1.82) is 0 Å². The van der Waals surface area contributed by atoms with Crippen LogP contribution in [0.2, 0.25) is 0 Å². The van der Waals surface area contributed by atoms with Gasteiger partial charge >= 0.3 is 0 Å². The molecule has 0 aliphatic heterocycles. The summed E-state index contributed by atoms with van der Waals surface area (Å²) in [6.07, 6.45) is 0. The van der Waals surface area contributed by atoms with Gasteiger partial charge in [-0.3, -0.25) is 0 Å². The normalized spacial score (nSPS) is 11.3. The van der Waals surface area contributed by atoms with E-state index < -0.39 is 0 Å². The van der Waals surface area contributed by atoms with Gasteiger partial charge in [0.25, 0.3) is 0 Å². The second-order valence-electron chi connectivity index (χ2n) is 3.87. The molecule has 0 saturated heterocycles. The first-order valence-corrected chi connectivity index (χ1v) is 4.96. The van der Waals surface area contributed by atoms with Crippen LogP contribution in [0, 0.1) is 6.92 Å². The Kier molecular flexibility index (Phi) is 1.54. The third-order valence-corrected chi connectivity index (χ3v) is 2.77. The van der Waals surface area contributed by atoms with Crippen LogP contribution in [0.4, 0.5) is 0 Å². The van der Waals surface area contributed by atoms with Gasteiger partial charge in [-0.1, -0.05) is 24.3 Å². The number of rotatable bonds is 0. The van der Waals surface area contributed by atoms with Crippen LogP contribution in [0.1, 0.15) is 5.56 Å². The van der Waals surface area contributed by atoms with Crippen LogP contribution in [-0.4, -0.2) is 10.1 Å². The molecule has 2 nitrogen and oxygen atoms in total. The first kappa shape index (κ1) is 8.36. The van der Waals surface area contributed by atoms with Gasteiger partial charge in [-0.25, -0.2) is 0 Å². The molecule has 3 aromatic rings. The summed E-state index contributed by atoms with van der Waals surface area (Å²) < 4.78 is 0. The lowest BCUT2D eigenvalue weighted by molar-refractivity contribution is 0.480. The minimum atomic E-state index is 0.307. The number of hydrogen-bond acceptors (Lipinski definition) is 1. The summed E-state index contributed by atoms with van der Waals surface area (Å²) in [5.74, 6) is 0.307. The first-order chi connectivity index (χ1) is 7.25. The van der Waals surface area contributed by atoms with E-state index in [9.17, 15) is 5.11 Å². The van der Waals surface area contributed by atoms with E-state index in [0.29, 0.717) is 5.75 Å². The van der Waals surface area contributed by atoms with E-state index in [1.165, 1.54) is 5.56 Å². The molecular weight excluding hydrogens is 186 g/mol. The molecule has 0 aliphatic carbocycles. The predicted molar refractivity (Wildman–Crippen MR) is 62.2 cm³/mol. The van der Waals surface area contributed by atoms with Crippen molar-refractivity contribution in [1.82, 2.24) is 4.98 Å². The van der Waals surface area contributed by atoms with Crippen molar-refractivity contribution in [3.63, 3.8) is 0 Å². The Balaban J connectivity index is 2.57. The molecule has 0 fully saturated rings. The molecule has 3 rings (SSSR count). The number of aromatic amines is 1. The van der Waals surface area contributed by atoms with Crippen molar-refractivity contribution >= 4 is 21.8 Å². The molecule has 1 heterocycles. The third kappa shape index (κ3) is 1.11. The highest BCUT2D eigenvalue weighted by Gasteiger charge is 2.06. The number of aryl methyl sites for hydroxylation is 1. The average molecular weight is 197 g/mol. The van der Waals surface area contributed by atoms with Gasteiger partial charge in [0, 0.05) is 16.3 Å². The largest absolute Gasteiger partial charge is 0.506 e. The van der Waals surface area contributed by atoms with Crippen molar-refractivity contribution in [3.8, 4) is 5.75 Å². The SMILES string of the molecule is Cc1ccc2c(c1)[nH]c1c(O)cccc12. The second-order valence-corrected chi connectivity index (χ2v) is 3.87. The van der Waals surface area contributed by atoms with E-state index in [2.05, 4.69) is 30.1 Å². The molecule has 0 aliphatic rings. The molecule has 74 valence electrons. The van der Waals surface area contributed by atoms with Crippen LogP contribution in [0.25, 0.3) is 21.8 Å². The number of aromatic nitrogens is 1. The van der Waals surface area contributed by atoms with Crippen LogP contribution in [-0.2, 0) is 0 Å². The fraction of sp³-hybridized carbons (Fsp3) is 0.0769. The molecule has 0 radical (unpaired) electrons. The summed E-state index contributed by atoms with van der Waals surface area (Å²) in [5, 5.41) is 11.9. The molecule has 0 unspecified atom stereocenters. The highest BCUT2D eigenvalue weighted by Crippen LogP contribution is 2.30. The summed E-state index contributed by atoms with van der Waals surface area (Å²) in [7, 11) is 0. The molecular formula is C13H11NO. The van der Waals surface area contributed by atoms with Gasteiger partial charge in [-0.05, 0) is 24.6 Å². The third-order valence-electron chi connectivity index (χ3n) is 2.77. The molecule has 2 aromatic carbocycles. The monoisotopic (exact) mass is 197 g/mol. The van der Waals surface area contributed by atoms with Gasteiger partial charge in [0.15, 0.2) is 0 Å². The quantitative estimate of drug-likeness (QED) is 0.569. The van der Waals surface area contributed by atoms with E-state index in [1.807, 2.05) is 12.1 Å². The molecule has 0 amide bonds. The Bertz CT molecular complexity index is 652. The second kappa shape index (κ2) is 2.76. The van der Waals surface area contributed by atoms with Gasteiger partial charge in [-0.15, -0.1) is 0 Å². The highest BCUT2D eigenvalue weighted by molar-refractivity contribution is 6.09. The zero-order chi connectivity index (χ0) is 10.4. The highest BCUT2D eigenvalue weighted by atomic mass is 16.3. The van der Waals surface area contributed by atoms with Crippen LogP contribution in [0.5, 0.6) is 5.75 Å². The van der Waals surface area contributed by atoms with Crippen molar-refractivity contribution in [2.45, 2.75) is 6.92 Å². The van der Waals surface area contributed by atoms with E-state index in [1.54, 1.807) is 6.07 Å². The van der Waals surface area contributed by atoms with Gasteiger partial charge in [0.1, 0.15) is 5.75 Å². The number of para-hydroxylation sites is 1. The van der Waals surface area contributed by atoms with Gasteiger partial charge in [-0.2, -0.15) is 0 Å².